The molecular formula is C23H37NO4. The van der Waals surface area contributed by atoms with E-state index in [4.69, 9.17) is 5.11 Å². The second-order valence-corrected chi connectivity index (χ2v) is 7.42. The Morgan fingerprint density at radius 3 is 2.07 bits per heavy atom. The third kappa shape index (κ3) is 10.5. The van der Waals surface area contributed by atoms with Crippen molar-refractivity contribution in [3.8, 4) is 0 Å². The summed E-state index contributed by atoms with van der Waals surface area (Å²) in [5.41, 5.74) is 0. The number of aliphatic carboxylic acids is 1. The number of amides is 1. The van der Waals surface area contributed by atoms with E-state index in [9.17, 15) is 14.7 Å². The Kier molecular flexibility index (Phi) is 13.0. The number of β-amino-alcohol motifs (C(OH)–C–C–N with tert-alkyl or cyclic N) is 1. The molecule has 0 aromatic carbocycles. The first-order valence-corrected chi connectivity index (χ1v) is 10.7. The summed E-state index contributed by atoms with van der Waals surface area (Å²) in [6.07, 6.45) is 22.4. The predicted molar refractivity (Wildman–Crippen MR) is 113 cm³/mol. The van der Waals surface area contributed by atoms with Crippen molar-refractivity contribution in [1.82, 2.24) is 4.90 Å². The molecule has 1 aliphatic heterocycles. The summed E-state index contributed by atoms with van der Waals surface area (Å²) in [4.78, 5) is 24.6. The molecule has 158 valence electrons. The Hall–Kier alpha value is -1.88. The minimum absolute atomic E-state index is 0.131. The number of unbranched alkanes of at least 4 members (excludes halogenated alkanes) is 5. The summed E-state index contributed by atoms with van der Waals surface area (Å²) >= 11 is 0. The van der Waals surface area contributed by atoms with E-state index in [-0.39, 0.29) is 18.9 Å². The van der Waals surface area contributed by atoms with E-state index in [2.05, 4.69) is 43.4 Å². The molecular weight excluding hydrogens is 354 g/mol. The van der Waals surface area contributed by atoms with Gasteiger partial charge in [0, 0.05) is 19.4 Å². The zero-order valence-electron chi connectivity index (χ0n) is 17.3. The van der Waals surface area contributed by atoms with Gasteiger partial charge in [-0.3, -0.25) is 4.79 Å². The van der Waals surface area contributed by atoms with Crippen LogP contribution in [0.4, 0.5) is 0 Å². The van der Waals surface area contributed by atoms with Gasteiger partial charge in [0.15, 0.2) is 0 Å². The molecule has 1 fully saturated rings. The molecule has 2 unspecified atom stereocenters. The highest BCUT2D eigenvalue weighted by atomic mass is 16.4. The second kappa shape index (κ2) is 15.1. The van der Waals surface area contributed by atoms with Gasteiger partial charge in [-0.1, -0.05) is 56.2 Å². The van der Waals surface area contributed by atoms with Crippen molar-refractivity contribution in [3.05, 3.63) is 36.5 Å². The SMILES string of the molecule is CCCCCC=CCC=CCC=CCCCCC(=O)N1CC(O)CC1C(=O)O. The molecule has 0 aromatic rings. The maximum atomic E-state index is 12.2. The summed E-state index contributed by atoms with van der Waals surface area (Å²) in [6.45, 7) is 2.35. The number of carboxylic acids is 1. The normalized spacial score (nSPS) is 20.1. The van der Waals surface area contributed by atoms with Crippen LogP contribution in [-0.4, -0.2) is 45.7 Å². The fraction of sp³-hybridized carbons (Fsp3) is 0.652. The van der Waals surface area contributed by atoms with Gasteiger partial charge in [0.25, 0.3) is 0 Å². The highest BCUT2D eigenvalue weighted by molar-refractivity contribution is 5.84. The Balaban J connectivity index is 2.05. The molecule has 5 nitrogen and oxygen atoms in total. The number of likely N-dealkylation sites (tertiary alicyclic amines) is 1. The van der Waals surface area contributed by atoms with Gasteiger partial charge >= 0.3 is 5.97 Å². The third-order valence-corrected chi connectivity index (χ3v) is 4.91. The molecule has 5 heteroatoms. The van der Waals surface area contributed by atoms with Crippen LogP contribution in [0.1, 0.15) is 77.6 Å². The van der Waals surface area contributed by atoms with Gasteiger partial charge in [-0.05, 0) is 44.9 Å². The van der Waals surface area contributed by atoms with E-state index in [0.29, 0.717) is 6.42 Å². The zero-order valence-corrected chi connectivity index (χ0v) is 17.3. The molecule has 0 aliphatic carbocycles. The first kappa shape index (κ1) is 24.2. The fourth-order valence-electron chi connectivity index (χ4n) is 3.30. The second-order valence-electron chi connectivity index (χ2n) is 7.42. The van der Waals surface area contributed by atoms with Gasteiger partial charge in [0.05, 0.1) is 6.10 Å². The number of allylic oxidation sites excluding steroid dienone is 6. The molecule has 28 heavy (non-hydrogen) atoms. The number of hydrogen-bond donors (Lipinski definition) is 2. The van der Waals surface area contributed by atoms with Crippen molar-refractivity contribution >= 4 is 11.9 Å². The Morgan fingerprint density at radius 1 is 0.929 bits per heavy atom. The molecule has 2 atom stereocenters. The van der Waals surface area contributed by atoms with Gasteiger partial charge in [0.2, 0.25) is 5.91 Å². The molecule has 0 bridgehead atoms. The fourth-order valence-corrected chi connectivity index (χ4v) is 3.30. The predicted octanol–water partition coefficient (Wildman–Crippen LogP) is 4.62. The minimum Gasteiger partial charge on any atom is -0.480 e. The van der Waals surface area contributed by atoms with E-state index >= 15 is 0 Å². The summed E-state index contributed by atoms with van der Waals surface area (Å²) in [7, 11) is 0. The molecule has 1 saturated heterocycles. The average Bonchev–Trinajstić information content (AvgIpc) is 3.07. The number of carbonyl (C=O) groups excluding carboxylic acids is 1. The van der Waals surface area contributed by atoms with Gasteiger partial charge in [-0.25, -0.2) is 4.79 Å². The quantitative estimate of drug-likeness (QED) is 0.334. The van der Waals surface area contributed by atoms with Crippen LogP contribution in [0.5, 0.6) is 0 Å². The van der Waals surface area contributed by atoms with Crippen LogP contribution >= 0.6 is 0 Å². The summed E-state index contributed by atoms with van der Waals surface area (Å²) < 4.78 is 0. The molecule has 1 rings (SSSR count). The number of carboxylic acid groups (broad SMARTS) is 1. The molecule has 0 spiro atoms. The van der Waals surface area contributed by atoms with Gasteiger partial charge in [-0.2, -0.15) is 0 Å². The van der Waals surface area contributed by atoms with Crippen LogP contribution in [0.15, 0.2) is 36.5 Å². The van der Waals surface area contributed by atoms with Crippen LogP contribution in [0.3, 0.4) is 0 Å². The molecule has 1 amide bonds. The topological polar surface area (TPSA) is 77.8 Å². The van der Waals surface area contributed by atoms with Crippen LogP contribution in [-0.2, 0) is 9.59 Å². The Morgan fingerprint density at radius 2 is 1.50 bits per heavy atom. The van der Waals surface area contributed by atoms with Crippen LogP contribution in [0.2, 0.25) is 0 Å². The zero-order chi connectivity index (χ0) is 20.6. The monoisotopic (exact) mass is 391 g/mol. The highest BCUT2D eigenvalue weighted by Crippen LogP contribution is 2.20. The van der Waals surface area contributed by atoms with Crippen LogP contribution in [0.25, 0.3) is 0 Å². The largest absolute Gasteiger partial charge is 0.480 e. The lowest BCUT2D eigenvalue weighted by molar-refractivity contribution is -0.148. The molecule has 1 heterocycles. The van der Waals surface area contributed by atoms with Crippen LogP contribution < -0.4 is 0 Å². The van der Waals surface area contributed by atoms with E-state index in [0.717, 1.165) is 32.1 Å². The number of aliphatic hydroxyl groups is 1. The van der Waals surface area contributed by atoms with Crippen molar-refractivity contribution in [2.45, 2.75) is 89.7 Å². The lowest BCUT2D eigenvalue weighted by Crippen LogP contribution is -2.40. The lowest BCUT2D eigenvalue weighted by Gasteiger charge is -2.21. The number of carbonyl (C=O) groups is 2. The molecule has 0 radical (unpaired) electrons. The van der Waals surface area contributed by atoms with E-state index in [1.807, 2.05) is 0 Å². The van der Waals surface area contributed by atoms with E-state index in [1.54, 1.807) is 0 Å². The third-order valence-electron chi connectivity index (χ3n) is 4.91. The van der Waals surface area contributed by atoms with Crippen LogP contribution in [0, 0.1) is 0 Å². The van der Waals surface area contributed by atoms with Gasteiger partial charge in [0.1, 0.15) is 6.04 Å². The maximum Gasteiger partial charge on any atom is 0.326 e. The Labute approximate surface area is 169 Å². The van der Waals surface area contributed by atoms with Crippen molar-refractivity contribution in [2.75, 3.05) is 6.54 Å². The molecule has 2 N–H and O–H groups in total. The van der Waals surface area contributed by atoms with Crippen molar-refractivity contribution in [2.24, 2.45) is 0 Å². The van der Waals surface area contributed by atoms with E-state index in [1.165, 1.54) is 30.6 Å². The maximum absolute atomic E-state index is 12.2. The van der Waals surface area contributed by atoms with Gasteiger partial charge < -0.3 is 15.1 Å². The summed E-state index contributed by atoms with van der Waals surface area (Å²) in [5.74, 6) is -1.20. The lowest BCUT2D eigenvalue weighted by atomic mass is 10.1. The van der Waals surface area contributed by atoms with E-state index < -0.39 is 18.1 Å². The number of rotatable bonds is 14. The first-order valence-electron chi connectivity index (χ1n) is 10.7. The van der Waals surface area contributed by atoms with Crippen molar-refractivity contribution in [3.63, 3.8) is 0 Å². The smallest absolute Gasteiger partial charge is 0.326 e. The number of aliphatic hydroxyl groups excluding tert-OH is 1. The summed E-state index contributed by atoms with van der Waals surface area (Å²) in [5, 5.41) is 18.7. The standard InChI is InChI=1S/C23H37NO4/c1-2-3-4-5-6-7-8-9-10-11-12-13-14-15-16-17-22(26)24-19-20(25)18-21(24)23(27)28/h6-7,9-10,12-13,20-21,25H,2-5,8,11,14-19H2,1H3,(H,27,28). The molecule has 1 aliphatic rings. The summed E-state index contributed by atoms with van der Waals surface area (Å²) in [6, 6.07) is -0.875. The average molecular weight is 392 g/mol. The Bertz CT molecular complexity index is 539. The van der Waals surface area contributed by atoms with Gasteiger partial charge in [-0.15, -0.1) is 0 Å². The first-order chi connectivity index (χ1) is 13.6. The molecule has 0 aromatic heterocycles. The van der Waals surface area contributed by atoms with Crippen molar-refractivity contribution < 1.29 is 19.8 Å². The molecule has 0 saturated carbocycles. The number of nitrogens with zero attached hydrogens (tertiary/aromatic N) is 1. The number of hydrogen-bond acceptors (Lipinski definition) is 3. The van der Waals surface area contributed by atoms with Crippen molar-refractivity contribution in [1.29, 1.82) is 0 Å². The highest BCUT2D eigenvalue weighted by Gasteiger charge is 2.38. The minimum atomic E-state index is -1.03.